The van der Waals surface area contributed by atoms with Crippen LogP contribution in [-0.4, -0.2) is 19.9 Å². The van der Waals surface area contributed by atoms with Gasteiger partial charge >= 0.3 is 0 Å². The minimum Gasteiger partial charge on any atom is -0.388 e. The van der Waals surface area contributed by atoms with Gasteiger partial charge in [0, 0.05) is 17.1 Å². The summed E-state index contributed by atoms with van der Waals surface area (Å²) < 4.78 is 1.94. The van der Waals surface area contributed by atoms with Crippen molar-refractivity contribution < 1.29 is 5.11 Å². The first-order valence-corrected chi connectivity index (χ1v) is 6.35. The summed E-state index contributed by atoms with van der Waals surface area (Å²) >= 11 is 6.13. The maximum absolute atomic E-state index is 9.28. The summed E-state index contributed by atoms with van der Waals surface area (Å²) in [5.74, 6) is 1.35. The third kappa shape index (κ3) is 2.26. The van der Waals surface area contributed by atoms with Gasteiger partial charge < -0.3 is 9.67 Å². The molecule has 1 N–H and O–H groups in total. The molecule has 1 aromatic heterocycles. The van der Waals surface area contributed by atoms with Crippen LogP contribution in [-0.2, 0) is 13.2 Å². The molecule has 0 aliphatic carbocycles. The maximum atomic E-state index is 9.28. The second-order valence-corrected chi connectivity index (χ2v) is 4.57. The van der Waals surface area contributed by atoms with Crippen LogP contribution in [0, 0.1) is 6.92 Å². The lowest BCUT2D eigenvalue weighted by atomic mass is 10.1. The number of aromatic nitrogens is 3. The average molecular weight is 266 g/mol. The van der Waals surface area contributed by atoms with E-state index in [1.54, 1.807) is 0 Å². The third-order valence-electron chi connectivity index (χ3n) is 2.92. The number of aliphatic hydroxyl groups excluding tert-OH is 1. The zero-order valence-corrected chi connectivity index (χ0v) is 11.3. The van der Waals surface area contributed by atoms with E-state index in [9.17, 15) is 5.11 Å². The fourth-order valence-electron chi connectivity index (χ4n) is 1.96. The fourth-order valence-corrected chi connectivity index (χ4v) is 2.13. The number of benzene rings is 1. The van der Waals surface area contributed by atoms with E-state index in [1.165, 1.54) is 0 Å². The largest absolute Gasteiger partial charge is 0.388 e. The molecular weight excluding hydrogens is 250 g/mol. The number of hydrogen-bond donors (Lipinski definition) is 1. The summed E-state index contributed by atoms with van der Waals surface area (Å²) in [4.78, 5) is 0. The van der Waals surface area contributed by atoms with E-state index < -0.39 is 0 Å². The molecule has 0 unspecified atom stereocenters. The van der Waals surface area contributed by atoms with Crippen molar-refractivity contribution in [1.82, 2.24) is 14.8 Å². The first-order valence-electron chi connectivity index (χ1n) is 5.97. The van der Waals surface area contributed by atoms with Gasteiger partial charge in [-0.1, -0.05) is 30.7 Å². The molecule has 0 saturated carbocycles. The highest BCUT2D eigenvalue weighted by atomic mass is 35.5. The Morgan fingerprint density at radius 2 is 2.11 bits per heavy atom. The molecule has 4 nitrogen and oxygen atoms in total. The zero-order valence-electron chi connectivity index (χ0n) is 10.5. The SMILES string of the molecule is CCCn1c(CO)nnc1-c1cccc(Cl)c1C. The highest BCUT2D eigenvalue weighted by Gasteiger charge is 2.15. The number of nitrogens with zero attached hydrogens (tertiary/aromatic N) is 3. The Hall–Kier alpha value is -1.39. The van der Waals surface area contributed by atoms with Gasteiger partial charge in [-0.15, -0.1) is 10.2 Å². The predicted octanol–water partition coefficient (Wildman–Crippen LogP) is 2.81. The predicted molar refractivity (Wildman–Crippen MR) is 71.4 cm³/mol. The first kappa shape index (κ1) is 13.1. The van der Waals surface area contributed by atoms with Crippen LogP contribution < -0.4 is 0 Å². The van der Waals surface area contributed by atoms with E-state index in [2.05, 4.69) is 17.1 Å². The van der Waals surface area contributed by atoms with Crippen LogP contribution in [0.4, 0.5) is 0 Å². The van der Waals surface area contributed by atoms with Crippen LogP contribution in [0.25, 0.3) is 11.4 Å². The van der Waals surface area contributed by atoms with Crippen molar-refractivity contribution in [2.75, 3.05) is 0 Å². The Morgan fingerprint density at radius 3 is 2.78 bits per heavy atom. The summed E-state index contributed by atoms with van der Waals surface area (Å²) in [5, 5.41) is 18.2. The second kappa shape index (κ2) is 5.50. The standard InChI is InChI=1S/C13H16ClN3O/c1-3-7-17-12(8-18)15-16-13(17)10-5-4-6-11(14)9(10)2/h4-6,18H,3,7-8H2,1-2H3. The highest BCUT2D eigenvalue weighted by Crippen LogP contribution is 2.27. The Bertz CT molecular complexity index is 551. The average Bonchev–Trinajstić information content (AvgIpc) is 2.76. The Kier molecular flexibility index (Phi) is 3.99. The van der Waals surface area contributed by atoms with Gasteiger partial charge in [0.15, 0.2) is 11.6 Å². The van der Waals surface area contributed by atoms with E-state index in [4.69, 9.17) is 11.6 Å². The molecule has 0 aliphatic heterocycles. The molecule has 1 heterocycles. The van der Waals surface area contributed by atoms with Gasteiger partial charge in [-0.05, 0) is 25.0 Å². The molecule has 0 fully saturated rings. The topological polar surface area (TPSA) is 50.9 Å². The Labute approximate surface area is 111 Å². The van der Waals surface area contributed by atoms with E-state index in [1.807, 2.05) is 29.7 Å². The van der Waals surface area contributed by atoms with Crippen LogP contribution in [0.1, 0.15) is 24.7 Å². The molecule has 0 spiro atoms. The molecule has 0 aliphatic rings. The number of rotatable bonds is 4. The fraction of sp³-hybridized carbons (Fsp3) is 0.385. The molecule has 0 atom stereocenters. The minimum atomic E-state index is -0.105. The molecule has 1 aromatic carbocycles. The molecule has 0 bridgehead atoms. The van der Waals surface area contributed by atoms with Crippen molar-refractivity contribution in [2.24, 2.45) is 0 Å². The van der Waals surface area contributed by atoms with Crippen LogP contribution in [0.5, 0.6) is 0 Å². The monoisotopic (exact) mass is 265 g/mol. The molecule has 96 valence electrons. The molecule has 2 rings (SSSR count). The quantitative estimate of drug-likeness (QED) is 0.925. The molecular formula is C13H16ClN3O. The van der Waals surface area contributed by atoms with Crippen molar-refractivity contribution in [2.45, 2.75) is 33.4 Å². The van der Waals surface area contributed by atoms with E-state index >= 15 is 0 Å². The van der Waals surface area contributed by atoms with Crippen molar-refractivity contribution in [1.29, 1.82) is 0 Å². The normalized spacial score (nSPS) is 10.9. The highest BCUT2D eigenvalue weighted by molar-refractivity contribution is 6.31. The second-order valence-electron chi connectivity index (χ2n) is 4.16. The van der Waals surface area contributed by atoms with Gasteiger partial charge in [-0.3, -0.25) is 0 Å². The summed E-state index contributed by atoms with van der Waals surface area (Å²) in [5.41, 5.74) is 1.94. The smallest absolute Gasteiger partial charge is 0.164 e. The van der Waals surface area contributed by atoms with Crippen molar-refractivity contribution in [3.63, 3.8) is 0 Å². The lowest BCUT2D eigenvalue weighted by Gasteiger charge is -2.10. The Balaban J connectivity index is 2.56. The van der Waals surface area contributed by atoms with E-state index in [0.29, 0.717) is 10.8 Å². The maximum Gasteiger partial charge on any atom is 0.164 e. The molecule has 5 heteroatoms. The van der Waals surface area contributed by atoms with E-state index in [-0.39, 0.29) is 6.61 Å². The van der Waals surface area contributed by atoms with Crippen LogP contribution >= 0.6 is 11.6 Å². The molecule has 2 aromatic rings. The molecule has 0 radical (unpaired) electrons. The summed E-state index contributed by atoms with van der Waals surface area (Å²) in [7, 11) is 0. The summed E-state index contributed by atoms with van der Waals surface area (Å²) in [6.45, 7) is 4.72. The van der Waals surface area contributed by atoms with Crippen molar-refractivity contribution >= 4 is 11.6 Å². The number of halogens is 1. The zero-order chi connectivity index (χ0) is 13.1. The number of hydrogen-bond acceptors (Lipinski definition) is 3. The molecule has 0 saturated heterocycles. The first-order chi connectivity index (χ1) is 8.69. The van der Waals surface area contributed by atoms with Gasteiger partial charge in [-0.25, -0.2) is 0 Å². The molecule has 0 amide bonds. The molecule has 18 heavy (non-hydrogen) atoms. The number of aliphatic hydroxyl groups is 1. The summed E-state index contributed by atoms with van der Waals surface area (Å²) in [6, 6.07) is 5.72. The Morgan fingerprint density at radius 1 is 1.33 bits per heavy atom. The van der Waals surface area contributed by atoms with Gasteiger partial charge in [0.2, 0.25) is 0 Å². The summed E-state index contributed by atoms with van der Waals surface area (Å²) in [6.07, 6.45) is 0.956. The lowest BCUT2D eigenvalue weighted by Crippen LogP contribution is -2.05. The van der Waals surface area contributed by atoms with Crippen LogP contribution in [0.2, 0.25) is 5.02 Å². The van der Waals surface area contributed by atoms with Crippen molar-refractivity contribution in [3.8, 4) is 11.4 Å². The lowest BCUT2D eigenvalue weighted by molar-refractivity contribution is 0.264. The van der Waals surface area contributed by atoms with E-state index in [0.717, 1.165) is 29.9 Å². The van der Waals surface area contributed by atoms with Gasteiger partial charge in [-0.2, -0.15) is 0 Å². The van der Waals surface area contributed by atoms with Gasteiger partial charge in [0.1, 0.15) is 6.61 Å². The van der Waals surface area contributed by atoms with Gasteiger partial charge in [0.05, 0.1) is 0 Å². The minimum absolute atomic E-state index is 0.105. The van der Waals surface area contributed by atoms with Crippen molar-refractivity contribution in [3.05, 3.63) is 34.6 Å². The van der Waals surface area contributed by atoms with Crippen LogP contribution in [0.15, 0.2) is 18.2 Å². The third-order valence-corrected chi connectivity index (χ3v) is 3.33. The van der Waals surface area contributed by atoms with Gasteiger partial charge in [0.25, 0.3) is 0 Å². The van der Waals surface area contributed by atoms with Crippen LogP contribution in [0.3, 0.4) is 0 Å².